The van der Waals surface area contributed by atoms with Crippen molar-refractivity contribution in [3.8, 4) is 0 Å². The molecule has 6 nitrogen and oxygen atoms in total. The van der Waals surface area contributed by atoms with E-state index in [4.69, 9.17) is 9.47 Å². The maximum atomic E-state index is 13.3. The molecule has 2 aliphatic rings. The zero-order valence-electron chi connectivity index (χ0n) is 32.7. The highest BCUT2D eigenvalue weighted by Gasteiger charge is 2.44. The van der Waals surface area contributed by atoms with Crippen LogP contribution in [-0.4, -0.2) is 60.0 Å². The maximum Gasteiger partial charge on any atom is 0.315 e. The summed E-state index contributed by atoms with van der Waals surface area (Å²) in [5.74, 6) is 0.266. The van der Waals surface area contributed by atoms with Crippen LogP contribution >= 0.6 is 11.8 Å². The van der Waals surface area contributed by atoms with Gasteiger partial charge in [0.15, 0.2) is 5.71 Å². The topological polar surface area (TPSA) is 58.9 Å². The minimum atomic E-state index is -0.722. The number of para-hydroxylation sites is 2. The van der Waals surface area contributed by atoms with Crippen LogP contribution in [0.1, 0.15) is 118 Å². The van der Waals surface area contributed by atoms with Crippen LogP contribution in [0.2, 0.25) is 0 Å². The molecule has 0 atom stereocenters. The molecule has 0 fully saturated rings. The number of allylic oxidation sites excluding steroid dienone is 4. The largest absolute Gasteiger partial charge is 0.465 e. The van der Waals surface area contributed by atoms with Gasteiger partial charge in [0.05, 0.1) is 29.7 Å². The van der Waals surface area contributed by atoms with Gasteiger partial charge in [-0.25, -0.2) is 0 Å². The van der Waals surface area contributed by atoms with E-state index >= 15 is 0 Å². The summed E-state index contributed by atoms with van der Waals surface area (Å²) in [6.07, 6.45) is 16.0. The molecule has 51 heavy (non-hydrogen) atoms. The number of unbranched alkanes of at least 4 members (excludes halogenated alkanes) is 6. The van der Waals surface area contributed by atoms with Gasteiger partial charge in [-0.3, -0.25) is 9.59 Å². The van der Waals surface area contributed by atoms with Crippen molar-refractivity contribution in [2.75, 3.05) is 42.7 Å². The predicted molar refractivity (Wildman–Crippen MR) is 215 cm³/mol. The number of benzene rings is 2. The SMILES string of the molecule is CCCCCCCCOC(=O)CSCC(C)(C)C(=O)OCCN1C(=CC=CC2=[N+](CCCC)c3ccccc3C2(C)C)C(C)(C)c2ccccc21. The first kappa shape index (κ1) is 40.5. The number of esters is 2. The fraction of sp³-hybridized carbons (Fsp3) is 0.568. The van der Waals surface area contributed by atoms with Gasteiger partial charge in [-0.05, 0) is 51.8 Å². The summed E-state index contributed by atoms with van der Waals surface area (Å²) >= 11 is 1.43. The quantitative estimate of drug-likeness (QED) is 0.0773. The Morgan fingerprint density at radius 1 is 0.824 bits per heavy atom. The number of hydrogen-bond donors (Lipinski definition) is 0. The zero-order chi connectivity index (χ0) is 37.1. The fourth-order valence-electron chi connectivity index (χ4n) is 7.29. The van der Waals surface area contributed by atoms with Crippen molar-refractivity contribution in [1.29, 1.82) is 0 Å². The monoisotopic (exact) mass is 715 g/mol. The number of thioether (sulfide) groups is 1. The van der Waals surface area contributed by atoms with E-state index in [1.807, 2.05) is 13.8 Å². The smallest absolute Gasteiger partial charge is 0.315 e. The van der Waals surface area contributed by atoms with E-state index in [1.165, 1.54) is 65.7 Å². The molecular weight excluding hydrogens is 653 g/mol. The van der Waals surface area contributed by atoms with E-state index in [1.54, 1.807) is 0 Å². The third kappa shape index (κ3) is 9.97. The Morgan fingerprint density at radius 3 is 2.24 bits per heavy atom. The van der Waals surface area contributed by atoms with E-state index in [0.29, 0.717) is 18.9 Å². The zero-order valence-corrected chi connectivity index (χ0v) is 33.5. The molecule has 2 heterocycles. The first-order chi connectivity index (χ1) is 24.4. The number of nitrogens with zero attached hydrogens (tertiary/aromatic N) is 2. The van der Waals surface area contributed by atoms with E-state index < -0.39 is 5.41 Å². The number of anilines is 1. The van der Waals surface area contributed by atoms with Crippen molar-refractivity contribution in [2.24, 2.45) is 5.41 Å². The molecule has 0 N–H and O–H groups in total. The van der Waals surface area contributed by atoms with Crippen molar-refractivity contribution in [3.63, 3.8) is 0 Å². The predicted octanol–water partition coefficient (Wildman–Crippen LogP) is 10.3. The van der Waals surface area contributed by atoms with Crippen LogP contribution in [0.3, 0.4) is 0 Å². The van der Waals surface area contributed by atoms with Gasteiger partial charge in [0.2, 0.25) is 5.69 Å². The molecule has 0 radical (unpaired) electrons. The highest BCUT2D eigenvalue weighted by atomic mass is 32.2. The number of carbonyl (C=O) groups is 2. The molecule has 7 heteroatoms. The molecule has 2 aromatic rings. The minimum absolute atomic E-state index is 0.0969. The molecule has 0 aromatic heterocycles. The van der Waals surface area contributed by atoms with Crippen molar-refractivity contribution < 1.29 is 23.6 Å². The van der Waals surface area contributed by atoms with Crippen LogP contribution in [-0.2, 0) is 29.9 Å². The molecule has 278 valence electrons. The molecule has 4 rings (SSSR count). The van der Waals surface area contributed by atoms with E-state index in [9.17, 15) is 9.59 Å². The lowest BCUT2D eigenvalue weighted by molar-refractivity contribution is -0.438. The molecule has 0 spiro atoms. The first-order valence-electron chi connectivity index (χ1n) is 19.3. The van der Waals surface area contributed by atoms with Crippen molar-refractivity contribution >= 4 is 40.8 Å². The average Bonchev–Trinajstić information content (AvgIpc) is 3.45. The van der Waals surface area contributed by atoms with Gasteiger partial charge in [-0.2, -0.15) is 4.58 Å². The minimum Gasteiger partial charge on any atom is -0.465 e. The summed E-state index contributed by atoms with van der Waals surface area (Å²) in [5, 5.41) is 0. The molecule has 2 aliphatic heterocycles. The van der Waals surface area contributed by atoms with E-state index in [2.05, 4.69) is 118 Å². The lowest BCUT2D eigenvalue weighted by Gasteiger charge is -2.28. The fourth-order valence-corrected chi connectivity index (χ4v) is 8.27. The number of hydrogen-bond acceptors (Lipinski definition) is 6. The first-order valence-corrected chi connectivity index (χ1v) is 20.4. The molecule has 0 aliphatic carbocycles. The van der Waals surface area contributed by atoms with Gasteiger partial charge in [-0.1, -0.05) is 109 Å². The highest BCUT2D eigenvalue weighted by Crippen LogP contribution is 2.47. The molecule has 0 amide bonds. The number of ether oxygens (including phenoxy) is 2. The highest BCUT2D eigenvalue weighted by molar-refractivity contribution is 8.00. The van der Waals surface area contributed by atoms with Crippen LogP contribution in [0.5, 0.6) is 0 Å². The summed E-state index contributed by atoms with van der Waals surface area (Å²) in [6, 6.07) is 17.3. The molecule has 0 saturated carbocycles. The number of carbonyl (C=O) groups excluding carboxylic acids is 2. The van der Waals surface area contributed by atoms with Crippen LogP contribution in [0, 0.1) is 5.41 Å². The summed E-state index contributed by atoms with van der Waals surface area (Å²) in [4.78, 5) is 27.8. The number of fused-ring (bicyclic) bond motifs is 2. The summed E-state index contributed by atoms with van der Waals surface area (Å²) < 4.78 is 13.8. The van der Waals surface area contributed by atoms with Crippen LogP contribution in [0.25, 0.3) is 0 Å². The average molecular weight is 716 g/mol. The normalized spacial score (nSPS) is 16.9. The lowest BCUT2D eigenvalue weighted by Crippen LogP contribution is -2.34. The standard InChI is InChI=1S/C44H63N2O4S/c1-9-11-13-14-15-20-30-49-40(47)32-51-33-42(3,4)41(48)50-31-29-46-37-25-19-17-23-35(37)44(7,8)39(46)27-21-26-38-43(5,6)34-22-16-18-24-36(34)45(38)28-12-10-2/h16-19,21-27H,9-15,20,28-33H2,1-8H3/q+1. The third-order valence-corrected chi connectivity index (χ3v) is 11.8. The van der Waals surface area contributed by atoms with Crippen LogP contribution in [0.15, 0.2) is 72.5 Å². The molecule has 0 unspecified atom stereocenters. The van der Waals surface area contributed by atoms with Gasteiger partial charge in [-0.15, -0.1) is 11.8 Å². The Balaban J connectivity index is 1.38. The van der Waals surface area contributed by atoms with Crippen molar-refractivity contribution in [2.45, 2.75) is 118 Å². The van der Waals surface area contributed by atoms with E-state index in [0.717, 1.165) is 37.9 Å². The Hall–Kier alpha value is -3.32. The Labute approximate surface area is 312 Å². The Bertz CT molecular complexity index is 1580. The summed E-state index contributed by atoms with van der Waals surface area (Å²) in [5.41, 5.74) is 6.56. The van der Waals surface area contributed by atoms with Crippen molar-refractivity contribution in [1.82, 2.24) is 0 Å². The maximum absolute atomic E-state index is 13.3. The second-order valence-electron chi connectivity index (χ2n) is 15.7. The number of rotatable bonds is 20. The molecule has 0 bridgehead atoms. The lowest BCUT2D eigenvalue weighted by atomic mass is 9.81. The van der Waals surface area contributed by atoms with Gasteiger partial charge in [0.25, 0.3) is 0 Å². The van der Waals surface area contributed by atoms with Crippen molar-refractivity contribution in [3.05, 3.63) is 83.6 Å². The van der Waals surface area contributed by atoms with Gasteiger partial charge in [0.1, 0.15) is 13.2 Å². The third-order valence-electron chi connectivity index (χ3n) is 10.4. The van der Waals surface area contributed by atoms with Gasteiger partial charge < -0.3 is 14.4 Å². The van der Waals surface area contributed by atoms with Gasteiger partial charge >= 0.3 is 11.9 Å². The molecule has 2 aromatic carbocycles. The Kier molecular flexibility index (Phi) is 14.6. The van der Waals surface area contributed by atoms with Gasteiger partial charge in [0, 0.05) is 46.7 Å². The second-order valence-corrected chi connectivity index (χ2v) is 16.7. The summed E-state index contributed by atoms with van der Waals surface area (Å²) in [6.45, 7) is 19.7. The summed E-state index contributed by atoms with van der Waals surface area (Å²) in [7, 11) is 0. The molecular formula is C44H63N2O4S+. The second kappa shape index (κ2) is 18.4. The molecule has 0 saturated heterocycles. The van der Waals surface area contributed by atoms with E-state index in [-0.39, 0.29) is 35.1 Å². The van der Waals surface area contributed by atoms with Crippen LogP contribution in [0.4, 0.5) is 11.4 Å². The Morgan fingerprint density at radius 2 is 1.49 bits per heavy atom. The van der Waals surface area contributed by atoms with Crippen LogP contribution < -0.4 is 4.90 Å².